The predicted octanol–water partition coefficient (Wildman–Crippen LogP) is 3.62. The zero-order valence-electron chi connectivity index (χ0n) is 13.4. The molecule has 1 heterocycles. The number of nitriles is 1. The molecule has 0 bridgehead atoms. The second kappa shape index (κ2) is 7.79. The molecule has 0 radical (unpaired) electrons. The quantitative estimate of drug-likeness (QED) is 0.746. The number of nitrogens with zero attached hydrogens (tertiary/aromatic N) is 2. The van der Waals surface area contributed by atoms with Gasteiger partial charge in [-0.25, -0.2) is 9.78 Å². The number of aromatic nitrogens is 2. The fraction of sp³-hybridized carbons (Fsp3) is 0.105. The van der Waals surface area contributed by atoms with Crippen LogP contribution >= 0.6 is 0 Å². The minimum Gasteiger partial charge on any atom is -0.444 e. The highest BCUT2D eigenvalue weighted by Gasteiger charge is 2.05. The molecular weight excluding hydrogens is 316 g/mol. The van der Waals surface area contributed by atoms with Crippen molar-refractivity contribution in [2.24, 2.45) is 0 Å². The number of carbonyl (C=O) groups excluding carboxylic acids is 1. The third-order valence-electron chi connectivity index (χ3n) is 3.58. The fourth-order valence-corrected chi connectivity index (χ4v) is 2.32. The lowest BCUT2D eigenvalue weighted by Gasteiger charge is -2.08. The molecule has 0 saturated heterocycles. The highest BCUT2D eigenvalue weighted by Crippen LogP contribution is 2.12. The normalized spacial score (nSPS) is 10.0. The van der Waals surface area contributed by atoms with Crippen LogP contribution in [-0.4, -0.2) is 16.1 Å². The molecule has 0 unspecified atom stereocenters. The maximum Gasteiger partial charge on any atom is 0.411 e. The van der Waals surface area contributed by atoms with Gasteiger partial charge in [0.05, 0.1) is 18.0 Å². The fourth-order valence-electron chi connectivity index (χ4n) is 2.32. The first-order valence-electron chi connectivity index (χ1n) is 7.72. The Morgan fingerprint density at radius 3 is 2.72 bits per heavy atom. The van der Waals surface area contributed by atoms with Crippen LogP contribution in [0.5, 0.6) is 0 Å². The molecule has 2 aromatic carbocycles. The van der Waals surface area contributed by atoms with Crippen LogP contribution in [0, 0.1) is 11.3 Å². The number of anilines is 1. The van der Waals surface area contributed by atoms with Crippen LogP contribution in [0.2, 0.25) is 0 Å². The summed E-state index contributed by atoms with van der Waals surface area (Å²) in [6, 6.07) is 16.5. The van der Waals surface area contributed by atoms with Crippen molar-refractivity contribution in [2.75, 3.05) is 5.32 Å². The van der Waals surface area contributed by atoms with E-state index in [1.54, 1.807) is 36.8 Å². The summed E-state index contributed by atoms with van der Waals surface area (Å²) in [6.45, 7) is 0.175. The van der Waals surface area contributed by atoms with Gasteiger partial charge in [-0.3, -0.25) is 5.32 Å². The Kier molecular flexibility index (Phi) is 5.07. The summed E-state index contributed by atoms with van der Waals surface area (Å²) < 4.78 is 5.20. The van der Waals surface area contributed by atoms with Crippen LogP contribution in [0.4, 0.5) is 10.5 Å². The Balaban J connectivity index is 1.51. The van der Waals surface area contributed by atoms with Crippen molar-refractivity contribution in [2.45, 2.75) is 13.0 Å². The Morgan fingerprint density at radius 2 is 2.00 bits per heavy atom. The third-order valence-corrected chi connectivity index (χ3v) is 3.58. The monoisotopic (exact) mass is 332 g/mol. The van der Waals surface area contributed by atoms with E-state index in [1.807, 2.05) is 30.3 Å². The molecule has 0 spiro atoms. The van der Waals surface area contributed by atoms with E-state index in [0.717, 1.165) is 23.2 Å². The van der Waals surface area contributed by atoms with Crippen LogP contribution in [0.15, 0.2) is 61.1 Å². The summed E-state index contributed by atoms with van der Waals surface area (Å²) in [6.07, 6.45) is 3.67. The molecule has 0 fully saturated rings. The van der Waals surface area contributed by atoms with E-state index in [2.05, 4.69) is 15.3 Å². The molecule has 0 aliphatic rings. The Bertz CT molecular complexity index is 881. The summed E-state index contributed by atoms with van der Waals surface area (Å²) in [5.74, 6) is 0. The standard InChI is InChI=1S/C19H16N4O2/c20-10-16-2-1-3-17(9-16)23-19(24)25-12-15-6-4-14(5-7-15)8-18-11-21-13-22-18/h1-7,9,11,13H,8,12H2,(H,21,22)(H,23,24). The number of carbonyl (C=O) groups is 1. The molecule has 6 nitrogen and oxygen atoms in total. The lowest BCUT2D eigenvalue weighted by atomic mass is 10.1. The molecule has 1 aromatic heterocycles. The molecule has 6 heteroatoms. The zero-order chi connectivity index (χ0) is 17.5. The average Bonchev–Trinajstić information content (AvgIpc) is 3.14. The summed E-state index contributed by atoms with van der Waals surface area (Å²) in [5, 5.41) is 11.5. The van der Waals surface area contributed by atoms with Gasteiger partial charge in [0, 0.05) is 24.0 Å². The molecule has 25 heavy (non-hydrogen) atoms. The zero-order valence-corrected chi connectivity index (χ0v) is 13.4. The van der Waals surface area contributed by atoms with Gasteiger partial charge in [0.25, 0.3) is 0 Å². The Hall–Kier alpha value is -3.59. The van der Waals surface area contributed by atoms with Crippen LogP contribution in [-0.2, 0) is 17.8 Å². The van der Waals surface area contributed by atoms with Crippen LogP contribution in [0.1, 0.15) is 22.4 Å². The Labute approximate surface area is 145 Å². The topological polar surface area (TPSA) is 90.8 Å². The number of aromatic amines is 1. The van der Waals surface area contributed by atoms with Gasteiger partial charge in [-0.2, -0.15) is 5.26 Å². The highest BCUT2D eigenvalue weighted by molar-refractivity contribution is 5.84. The molecular formula is C19H16N4O2. The number of rotatable bonds is 5. The average molecular weight is 332 g/mol. The summed E-state index contributed by atoms with van der Waals surface area (Å²) in [5.41, 5.74) is 4.09. The molecule has 1 amide bonds. The van der Waals surface area contributed by atoms with Gasteiger partial charge in [0.2, 0.25) is 0 Å². The smallest absolute Gasteiger partial charge is 0.411 e. The van der Waals surface area contributed by atoms with E-state index < -0.39 is 6.09 Å². The van der Waals surface area contributed by atoms with Crippen molar-refractivity contribution in [1.82, 2.24) is 9.97 Å². The van der Waals surface area contributed by atoms with Crippen molar-refractivity contribution in [3.05, 3.63) is 83.4 Å². The van der Waals surface area contributed by atoms with Gasteiger partial charge >= 0.3 is 6.09 Å². The van der Waals surface area contributed by atoms with Crippen molar-refractivity contribution >= 4 is 11.8 Å². The van der Waals surface area contributed by atoms with E-state index in [4.69, 9.17) is 10.00 Å². The first-order valence-corrected chi connectivity index (χ1v) is 7.72. The maximum absolute atomic E-state index is 11.8. The number of hydrogen-bond acceptors (Lipinski definition) is 4. The molecule has 124 valence electrons. The van der Waals surface area contributed by atoms with Crippen molar-refractivity contribution in [3.8, 4) is 6.07 Å². The van der Waals surface area contributed by atoms with Gasteiger partial charge < -0.3 is 9.72 Å². The minimum atomic E-state index is -0.559. The second-order valence-electron chi connectivity index (χ2n) is 5.46. The van der Waals surface area contributed by atoms with Crippen LogP contribution in [0.3, 0.4) is 0 Å². The summed E-state index contributed by atoms with van der Waals surface area (Å²) in [4.78, 5) is 18.9. The first kappa shape index (κ1) is 16.3. The predicted molar refractivity (Wildman–Crippen MR) is 92.8 cm³/mol. The maximum atomic E-state index is 11.8. The molecule has 3 rings (SSSR count). The van der Waals surface area contributed by atoms with Gasteiger partial charge in [0.1, 0.15) is 6.61 Å². The molecule has 0 saturated carbocycles. The molecule has 2 N–H and O–H groups in total. The van der Waals surface area contributed by atoms with Gasteiger partial charge in [-0.1, -0.05) is 30.3 Å². The van der Waals surface area contributed by atoms with Crippen molar-refractivity contribution in [3.63, 3.8) is 0 Å². The van der Waals surface area contributed by atoms with E-state index in [-0.39, 0.29) is 6.61 Å². The second-order valence-corrected chi connectivity index (χ2v) is 5.46. The molecule has 0 aliphatic heterocycles. The van der Waals surface area contributed by atoms with Crippen LogP contribution < -0.4 is 5.32 Å². The molecule has 0 aliphatic carbocycles. The number of H-pyrrole nitrogens is 1. The van der Waals surface area contributed by atoms with Gasteiger partial charge in [0.15, 0.2) is 0 Å². The van der Waals surface area contributed by atoms with E-state index in [0.29, 0.717) is 11.3 Å². The van der Waals surface area contributed by atoms with E-state index >= 15 is 0 Å². The van der Waals surface area contributed by atoms with E-state index in [1.165, 1.54) is 0 Å². The first-order chi connectivity index (χ1) is 12.2. The highest BCUT2D eigenvalue weighted by atomic mass is 16.5. The number of imidazole rings is 1. The van der Waals surface area contributed by atoms with Gasteiger partial charge in [-0.15, -0.1) is 0 Å². The molecule has 3 aromatic rings. The third kappa shape index (κ3) is 4.69. The summed E-state index contributed by atoms with van der Waals surface area (Å²) >= 11 is 0. The molecule has 0 atom stereocenters. The van der Waals surface area contributed by atoms with E-state index in [9.17, 15) is 4.79 Å². The van der Waals surface area contributed by atoms with Gasteiger partial charge in [-0.05, 0) is 29.3 Å². The minimum absolute atomic E-state index is 0.175. The largest absolute Gasteiger partial charge is 0.444 e. The van der Waals surface area contributed by atoms with Crippen LogP contribution in [0.25, 0.3) is 0 Å². The number of amides is 1. The lowest BCUT2D eigenvalue weighted by molar-refractivity contribution is 0.155. The van der Waals surface area contributed by atoms with Crippen molar-refractivity contribution in [1.29, 1.82) is 5.26 Å². The number of benzene rings is 2. The van der Waals surface area contributed by atoms with Crippen molar-refractivity contribution < 1.29 is 9.53 Å². The number of hydrogen-bond donors (Lipinski definition) is 2. The number of nitrogens with one attached hydrogen (secondary N) is 2. The summed E-state index contributed by atoms with van der Waals surface area (Å²) in [7, 11) is 0. The SMILES string of the molecule is N#Cc1cccc(NC(=O)OCc2ccc(Cc3cnc[nH]3)cc2)c1. The lowest BCUT2D eigenvalue weighted by Crippen LogP contribution is -2.13. The Morgan fingerprint density at radius 1 is 1.20 bits per heavy atom. The number of ether oxygens (including phenoxy) is 1.